The average molecular weight is 323 g/mol. The second kappa shape index (κ2) is 5.87. The zero-order valence-electron chi connectivity index (χ0n) is 12.3. The largest absolute Gasteiger partial charge is 0.481 e. The Bertz CT molecular complexity index is 642. The van der Waals surface area contributed by atoms with Crippen LogP contribution in [-0.2, 0) is 4.79 Å². The molecule has 2 atom stereocenters. The van der Waals surface area contributed by atoms with Crippen molar-refractivity contribution >= 4 is 28.6 Å². The molecule has 0 bridgehead atoms. The molecule has 118 valence electrons. The number of carbonyl (C=O) groups is 1. The molecule has 2 N–H and O–H groups in total. The van der Waals surface area contributed by atoms with Crippen LogP contribution in [0.5, 0.6) is 0 Å². The molecule has 22 heavy (non-hydrogen) atoms. The van der Waals surface area contributed by atoms with Crippen LogP contribution in [0.15, 0.2) is 6.20 Å². The first-order valence-corrected chi connectivity index (χ1v) is 7.65. The second-order valence-electron chi connectivity index (χ2n) is 5.54. The highest BCUT2D eigenvalue weighted by Crippen LogP contribution is 2.37. The molecule has 0 saturated carbocycles. The molecule has 1 fully saturated rings. The van der Waals surface area contributed by atoms with Crippen LogP contribution in [0.4, 0.5) is 11.1 Å². The van der Waals surface area contributed by atoms with Crippen molar-refractivity contribution in [2.45, 2.75) is 12.3 Å². The number of carboxylic acids is 1. The van der Waals surface area contributed by atoms with Crippen molar-refractivity contribution in [1.82, 2.24) is 24.8 Å². The predicted octanol–water partition coefficient (Wildman–Crippen LogP) is 0.417. The van der Waals surface area contributed by atoms with Gasteiger partial charge in [0.15, 0.2) is 0 Å². The number of aromatic amines is 1. The Hall–Kier alpha value is -2.23. The Morgan fingerprint density at radius 2 is 2.36 bits per heavy atom. The maximum Gasteiger partial charge on any atom is 0.303 e. The Morgan fingerprint density at radius 1 is 1.55 bits per heavy atom. The van der Waals surface area contributed by atoms with Gasteiger partial charge in [0, 0.05) is 44.6 Å². The summed E-state index contributed by atoms with van der Waals surface area (Å²) in [6.07, 6.45) is 1.77. The lowest BCUT2D eigenvalue weighted by molar-refractivity contribution is -0.138. The third-order valence-electron chi connectivity index (χ3n) is 3.77. The van der Waals surface area contributed by atoms with Crippen LogP contribution in [0.3, 0.4) is 0 Å². The normalized spacial score (nSPS) is 21.3. The van der Waals surface area contributed by atoms with Crippen LogP contribution < -0.4 is 9.80 Å². The van der Waals surface area contributed by atoms with Gasteiger partial charge in [-0.05, 0) is 5.92 Å². The number of rotatable bonds is 5. The highest BCUT2D eigenvalue weighted by atomic mass is 32.1. The number of nitrogens with zero attached hydrogens (tertiary/aromatic N) is 6. The first-order chi connectivity index (χ1) is 10.5. The van der Waals surface area contributed by atoms with Crippen LogP contribution >= 0.6 is 11.5 Å². The number of hydrogen-bond donors (Lipinski definition) is 2. The molecule has 9 nitrogen and oxygen atoms in total. The van der Waals surface area contributed by atoms with Crippen molar-refractivity contribution in [2.24, 2.45) is 5.92 Å². The van der Waals surface area contributed by atoms with Crippen molar-refractivity contribution in [1.29, 1.82) is 0 Å². The van der Waals surface area contributed by atoms with E-state index in [1.54, 1.807) is 6.20 Å². The number of anilines is 2. The average Bonchev–Trinajstić information content (AvgIpc) is 3.18. The standard InChI is InChI=1S/C12H17N7O2S/c1-18(2)11-14-12(22-16-11)19-5-7(3-10(20)21)8(6-19)9-4-13-17-15-9/h4,7-8H,3,5-6H2,1-2H3,(H,20,21)(H,13,15,17)/t7-,8+/m0/s1. The lowest BCUT2D eigenvalue weighted by Gasteiger charge is -2.13. The molecule has 0 aromatic carbocycles. The van der Waals surface area contributed by atoms with Gasteiger partial charge >= 0.3 is 5.97 Å². The molecule has 0 aliphatic carbocycles. The summed E-state index contributed by atoms with van der Waals surface area (Å²) in [5.74, 6) is -0.123. The van der Waals surface area contributed by atoms with Gasteiger partial charge in [0.2, 0.25) is 11.1 Å². The van der Waals surface area contributed by atoms with Crippen molar-refractivity contribution < 1.29 is 9.90 Å². The third kappa shape index (κ3) is 2.86. The molecule has 0 amide bonds. The van der Waals surface area contributed by atoms with Crippen molar-refractivity contribution in [3.8, 4) is 0 Å². The fourth-order valence-corrected chi connectivity index (χ4v) is 3.46. The molecule has 3 heterocycles. The summed E-state index contributed by atoms with van der Waals surface area (Å²) in [6.45, 7) is 1.30. The second-order valence-corrected chi connectivity index (χ2v) is 6.27. The van der Waals surface area contributed by atoms with Gasteiger partial charge < -0.3 is 14.9 Å². The smallest absolute Gasteiger partial charge is 0.303 e. The van der Waals surface area contributed by atoms with E-state index in [0.717, 1.165) is 10.8 Å². The first kappa shape index (κ1) is 14.7. The molecule has 1 saturated heterocycles. The minimum Gasteiger partial charge on any atom is -0.481 e. The summed E-state index contributed by atoms with van der Waals surface area (Å²) in [7, 11) is 3.78. The van der Waals surface area contributed by atoms with E-state index in [1.165, 1.54) is 11.5 Å². The van der Waals surface area contributed by atoms with Gasteiger partial charge in [-0.15, -0.1) is 0 Å². The van der Waals surface area contributed by atoms with Gasteiger partial charge in [0.05, 0.1) is 18.3 Å². The molecule has 2 aromatic rings. The van der Waals surface area contributed by atoms with E-state index in [-0.39, 0.29) is 18.3 Å². The summed E-state index contributed by atoms with van der Waals surface area (Å²) in [5, 5.41) is 20.5. The number of aromatic nitrogens is 5. The van der Waals surface area contributed by atoms with E-state index in [9.17, 15) is 4.79 Å². The Balaban J connectivity index is 1.81. The van der Waals surface area contributed by atoms with Gasteiger partial charge in [-0.3, -0.25) is 4.79 Å². The third-order valence-corrected chi connectivity index (χ3v) is 4.53. The molecule has 2 aromatic heterocycles. The number of nitrogens with one attached hydrogen (secondary N) is 1. The van der Waals surface area contributed by atoms with E-state index in [2.05, 4.69) is 29.7 Å². The van der Waals surface area contributed by atoms with Crippen LogP contribution in [0, 0.1) is 5.92 Å². The molecular formula is C12H17N7O2S. The fourth-order valence-electron chi connectivity index (χ4n) is 2.70. The summed E-state index contributed by atoms with van der Waals surface area (Å²) in [5.41, 5.74) is 0.797. The molecular weight excluding hydrogens is 306 g/mol. The van der Waals surface area contributed by atoms with E-state index in [4.69, 9.17) is 5.11 Å². The van der Waals surface area contributed by atoms with Crippen LogP contribution in [-0.4, -0.2) is 63.0 Å². The Morgan fingerprint density at radius 3 is 2.95 bits per heavy atom. The van der Waals surface area contributed by atoms with E-state index >= 15 is 0 Å². The van der Waals surface area contributed by atoms with E-state index < -0.39 is 5.97 Å². The number of aliphatic carboxylic acids is 1. The van der Waals surface area contributed by atoms with Crippen LogP contribution in [0.2, 0.25) is 0 Å². The summed E-state index contributed by atoms with van der Waals surface area (Å²) < 4.78 is 4.30. The van der Waals surface area contributed by atoms with Gasteiger partial charge in [-0.25, -0.2) is 0 Å². The van der Waals surface area contributed by atoms with Crippen LogP contribution in [0.1, 0.15) is 18.0 Å². The van der Waals surface area contributed by atoms with E-state index in [0.29, 0.717) is 19.0 Å². The number of H-pyrrole nitrogens is 1. The van der Waals surface area contributed by atoms with Gasteiger partial charge in [0.25, 0.3) is 0 Å². The molecule has 3 rings (SSSR count). The van der Waals surface area contributed by atoms with Crippen molar-refractivity contribution in [3.05, 3.63) is 11.9 Å². The zero-order valence-corrected chi connectivity index (χ0v) is 13.1. The number of hydrogen-bond acceptors (Lipinski definition) is 8. The molecule has 0 radical (unpaired) electrons. The maximum atomic E-state index is 11.1. The summed E-state index contributed by atoms with van der Waals surface area (Å²) in [4.78, 5) is 19.5. The number of carboxylic acid groups (broad SMARTS) is 1. The minimum absolute atomic E-state index is 0.0192. The molecule has 0 spiro atoms. The van der Waals surface area contributed by atoms with E-state index in [1.807, 2.05) is 19.0 Å². The SMILES string of the molecule is CN(C)c1nsc(N2C[C@H](CC(=O)O)[C@H](c3cn[nH]n3)C2)n1. The first-order valence-electron chi connectivity index (χ1n) is 6.88. The zero-order chi connectivity index (χ0) is 15.7. The predicted molar refractivity (Wildman–Crippen MR) is 81.3 cm³/mol. The Kier molecular flexibility index (Phi) is 3.92. The molecule has 10 heteroatoms. The molecule has 1 aliphatic rings. The summed E-state index contributed by atoms with van der Waals surface area (Å²) >= 11 is 1.33. The van der Waals surface area contributed by atoms with Gasteiger partial charge in [0.1, 0.15) is 0 Å². The van der Waals surface area contributed by atoms with Crippen molar-refractivity contribution in [3.63, 3.8) is 0 Å². The topological polar surface area (TPSA) is 111 Å². The lowest BCUT2D eigenvalue weighted by Crippen LogP contribution is -2.20. The molecule has 0 unspecified atom stereocenters. The quantitative estimate of drug-likeness (QED) is 0.814. The summed E-state index contributed by atoms with van der Waals surface area (Å²) in [6, 6.07) is 0. The maximum absolute atomic E-state index is 11.1. The highest BCUT2D eigenvalue weighted by Gasteiger charge is 2.38. The van der Waals surface area contributed by atoms with Gasteiger partial charge in [-0.1, -0.05) is 0 Å². The monoisotopic (exact) mass is 323 g/mol. The fraction of sp³-hybridized carbons (Fsp3) is 0.583. The Labute approximate surface area is 131 Å². The lowest BCUT2D eigenvalue weighted by atomic mass is 9.91. The van der Waals surface area contributed by atoms with Crippen molar-refractivity contribution in [2.75, 3.05) is 37.0 Å². The minimum atomic E-state index is -0.799. The highest BCUT2D eigenvalue weighted by molar-refractivity contribution is 7.09. The van der Waals surface area contributed by atoms with Gasteiger partial charge in [-0.2, -0.15) is 24.8 Å². The molecule has 1 aliphatic heterocycles. The van der Waals surface area contributed by atoms with Crippen LogP contribution in [0.25, 0.3) is 0 Å².